The van der Waals surface area contributed by atoms with Crippen LogP contribution >= 0.6 is 11.8 Å². The number of Topliss-reactive ketones (excluding diaryl/α,β-unsaturated/α-hetero) is 1. The van der Waals surface area contributed by atoms with Gasteiger partial charge in [0.25, 0.3) is 0 Å². The van der Waals surface area contributed by atoms with E-state index in [2.05, 4.69) is 12.7 Å². The highest BCUT2D eigenvalue weighted by Crippen LogP contribution is 2.30. The number of furan rings is 1. The second-order valence-electron chi connectivity index (χ2n) is 5.03. The van der Waals surface area contributed by atoms with Gasteiger partial charge in [0.05, 0.1) is 5.56 Å². The van der Waals surface area contributed by atoms with Crippen LogP contribution < -0.4 is 0 Å². The van der Waals surface area contributed by atoms with Crippen LogP contribution in [0.5, 0.6) is 0 Å². The molecule has 21 heavy (non-hydrogen) atoms. The first-order valence-electron chi connectivity index (χ1n) is 6.83. The number of carbonyl (C=O) groups is 1. The molecular formula is C18H16O2S. The fourth-order valence-electron chi connectivity index (χ4n) is 2.42. The first kappa shape index (κ1) is 14.0. The lowest BCUT2D eigenvalue weighted by molar-refractivity contribution is 0.103. The van der Waals surface area contributed by atoms with Gasteiger partial charge in [0, 0.05) is 22.5 Å². The fraction of sp³-hybridized carbons (Fsp3) is 0.167. The van der Waals surface area contributed by atoms with Gasteiger partial charge in [-0.1, -0.05) is 43.0 Å². The quantitative estimate of drug-likeness (QED) is 0.652. The van der Waals surface area contributed by atoms with Gasteiger partial charge in [-0.2, -0.15) is 11.8 Å². The van der Waals surface area contributed by atoms with Crippen LogP contribution in [0.15, 0.2) is 59.1 Å². The maximum Gasteiger partial charge on any atom is 0.196 e. The minimum Gasteiger partial charge on any atom is -0.461 e. The average molecular weight is 296 g/mol. The fourth-order valence-corrected chi connectivity index (χ4v) is 3.25. The summed E-state index contributed by atoms with van der Waals surface area (Å²) in [5, 5.41) is 0.967. The molecule has 0 saturated carbocycles. The molecular weight excluding hydrogens is 280 g/mol. The van der Waals surface area contributed by atoms with Gasteiger partial charge in [0.1, 0.15) is 11.3 Å². The van der Waals surface area contributed by atoms with Crippen LogP contribution in [0.4, 0.5) is 0 Å². The molecule has 0 radical (unpaired) electrons. The summed E-state index contributed by atoms with van der Waals surface area (Å²) < 4.78 is 5.77. The van der Waals surface area contributed by atoms with Crippen molar-refractivity contribution in [2.75, 3.05) is 5.75 Å². The molecule has 1 aromatic carbocycles. The first-order valence-corrected chi connectivity index (χ1v) is 7.99. The van der Waals surface area contributed by atoms with Gasteiger partial charge in [-0.15, -0.1) is 0 Å². The van der Waals surface area contributed by atoms with E-state index in [9.17, 15) is 4.79 Å². The number of thioether (sulfide) groups is 1. The molecule has 0 unspecified atom stereocenters. The normalized spacial score (nSPS) is 19.1. The first-order chi connectivity index (χ1) is 10.2. The molecule has 1 aliphatic rings. The minimum absolute atomic E-state index is 0.0582. The maximum atomic E-state index is 12.7. The molecule has 0 fully saturated rings. The van der Waals surface area contributed by atoms with Gasteiger partial charge >= 0.3 is 0 Å². The number of ketones is 1. The van der Waals surface area contributed by atoms with Crippen molar-refractivity contribution >= 4 is 28.5 Å². The second-order valence-corrected chi connectivity index (χ2v) is 6.06. The molecule has 0 aliphatic carbocycles. The van der Waals surface area contributed by atoms with Crippen molar-refractivity contribution in [3.63, 3.8) is 0 Å². The Labute approximate surface area is 128 Å². The van der Waals surface area contributed by atoms with E-state index >= 15 is 0 Å². The Hall–Kier alpha value is -2.00. The molecule has 1 aliphatic heterocycles. The van der Waals surface area contributed by atoms with Crippen LogP contribution in [0.3, 0.4) is 0 Å². The van der Waals surface area contributed by atoms with E-state index in [4.69, 9.17) is 4.42 Å². The molecule has 3 heteroatoms. The monoisotopic (exact) mass is 296 g/mol. The zero-order chi connectivity index (χ0) is 14.8. The van der Waals surface area contributed by atoms with Crippen LogP contribution in [0, 0.1) is 6.92 Å². The molecule has 2 nitrogen and oxygen atoms in total. The van der Waals surface area contributed by atoms with Gasteiger partial charge in [-0.25, -0.2) is 0 Å². The van der Waals surface area contributed by atoms with E-state index in [0.29, 0.717) is 16.7 Å². The lowest BCUT2D eigenvalue weighted by Gasteiger charge is -2.09. The Balaban J connectivity index is 2.21. The molecule has 0 saturated heterocycles. The standard InChI is InChI=1S/C18H16O2S/c1-12-6-4-3-5-9-21-11-15-8-7-14-10-13(2)20-18(14)16(15)17(12)19/h3-8,10H,1,9,11H2,2H3/b5-3-,6-4-. The van der Waals surface area contributed by atoms with Crippen molar-refractivity contribution in [1.82, 2.24) is 0 Å². The highest BCUT2D eigenvalue weighted by Gasteiger charge is 2.20. The molecule has 0 N–H and O–H groups in total. The number of benzene rings is 1. The molecule has 0 atom stereocenters. The van der Waals surface area contributed by atoms with Crippen molar-refractivity contribution in [3.05, 3.63) is 71.5 Å². The van der Waals surface area contributed by atoms with Crippen LogP contribution in [-0.4, -0.2) is 11.5 Å². The number of carbonyl (C=O) groups excluding carboxylic acids is 1. The predicted molar refractivity (Wildman–Crippen MR) is 88.9 cm³/mol. The lowest BCUT2D eigenvalue weighted by atomic mass is 9.97. The summed E-state index contributed by atoms with van der Waals surface area (Å²) in [6.07, 6.45) is 7.65. The summed E-state index contributed by atoms with van der Waals surface area (Å²) in [7, 11) is 0. The Morgan fingerprint density at radius 2 is 2.14 bits per heavy atom. The van der Waals surface area contributed by atoms with Crippen LogP contribution in [0.25, 0.3) is 11.0 Å². The highest BCUT2D eigenvalue weighted by molar-refractivity contribution is 7.98. The van der Waals surface area contributed by atoms with Crippen molar-refractivity contribution in [2.45, 2.75) is 12.7 Å². The summed E-state index contributed by atoms with van der Waals surface area (Å²) in [5.41, 5.74) is 2.83. The SMILES string of the molecule is C=C1/C=C\C=C/CSCc2ccc3cc(C)oc3c2C1=O. The van der Waals surface area contributed by atoms with Crippen LogP contribution in [0.2, 0.25) is 0 Å². The summed E-state index contributed by atoms with van der Waals surface area (Å²) in [6.45, 7) is 5.79. The van der Waals surface area contributed by atoms with Gasteiger partial charge in [0.15, 0.2) is 5.78 Å². The smallest absolute Gasteiger partial charge is 0.196 e. The van der Waals surface area contributed by atoms with E-state index < -0.39 is 0 Å². The van der Waals surface area contributed by atoms with Gasteiger partial charge in [0.2, 0.25) is 0 Å². The molecule has 0 bridgehead atoms. The molecule has 0 amide bonds. The molecule has 1 aromatic heterocycles. The van der Waals surface area contributed by atoms with Crippen molar-refractivity contribution in [1.29, 1.82) is 0 Å². The largest absolute Gasteiger partial charge is 0.461 e. The van der Waals surface area contributed by atoms with Gasteiger partial charge in [-0.3, -0.25) is 4.79 Å². The van der Waals surface area contributed by atoms with Gasteiger partial charge in [-0.05, 0) is 18.6 Å². The zero-order valence-corrected chi connectivity index (χ0v) is 12.7. The Kier molecular flexibility index (Phi) is 3.84. The van der Waals surface area contributed by atoms with E-state index in [0.717, 1.165) is 28.2 Å². The molecule has 106 valence electrons. The van der Waals surface area contributed by atoms with Crippen LogP contribution in [0.1, 0.15) is 21.7 Å². The Bertz CT molecular complexity index is 778. The van der Waals surface area contributed by atoms with E-state index in [1.54, 1.807) is 17.8 Å². The predicted octanol–water partition coefficient (Wildman–Crippen LogP) is 4.84. The lowest BCUT2D eigenvalue weighted by Crippen LogP contribution is -2.05. The number of aryl methyl sites for hydroxylation is 1. The highest BCUT2D eigenvalue weighted by atomic mass is 32.2. The van der Waals surface area contributed by atoms with Crippen molar-refractivity contribution in [3.8, 4) is 0 Å². The summed E-state index contributed by atoms with van der Waals surface area (Å²) in [6, 6.07) is 6.00. The molecule has 2 heterocycles. The Morgan fingerprint density at radius 3 is 3.00 bits per heavy atom. The average Bonchev–Trinajstić information content (AvgIpc) is 2.83. The number of hydrogen-bond acceptors (Lipinski definition) is 3. The zero-order valence-electron chi connectivity index (χ0n) is 11.9. The molecule has 2 aromatic rings. The maximum absolute atomic E-state index is 12.7. The third-order valence-electron chi connectivity index (χ3n) is 3.43. The second kappa shape index (κ2) is 5.78. The molecule has 0 spiro atoms. The van der Waals surface area contributed by atoms with Gasteiger partial charge < -0.3 is 4.42 Å². The Morgan fingerprint density at radius 1 is 1.29 bits per heavy atom. The minimum atomic E-state index is -0.0582. The van der Waals surface area contributed by atoms with Crippen molar-refractivity contribution < 1.29 is 9.21 Å². The number of allylic oxidation sites excluding steroid dienone is 4. The number of rotatable bonds is 0. The third kappa shape index (κ3) is 2.74. The van der Waals surface area contributed by atoms with E-state index in [-0.39, 0.29) is 5.78 Å². The summed E-state index contributed by atoms with van der Waals surface area (Å²) >= 11 is 1.78. The molecule has 3 rings (SSSR count). The topological polar surface area (TPSA) is 30.2 Å². The summed E-state index contributed by atoms with van der Waals surface area (Å²) in [4.78, 5) is 12.7. The third-order valence-corrected chi connectivity index (χ3v) is 4.37. The number of hydrogen-bond donors (Lipinski definition) is 0. The van der Waals surface area contributed by atoms with Crippen LogP contribution in [-0.2, 0) is 5.75 Å². The number of fused-ring (bicyclic) bond motifs is 3. The summed E-state index contributed by atoms with van der Waals surface area (Å²) in [5.74, 6) is 2.46. The van der Waals surface area contributed by atoms with Crippen molar-refractivity contribution in [2.24, 2.45) is 0 Å². The van der Waals surface area contributed by atoms with E-state index in [1.807, 2.05) is 37.3 Å². The van der Waals surface area contributed by atoms with E-state index in [1.165, 1.54) is 0 Å².